The summed E-state index contributed by atoms with van der Waals surface area (Å²) in [5, 5.41) is 9.44. The monoisotopic (exact) mass is 517 g/mol. The molecule has 0 bridgehead atoms. The van der Waals surface area contributed by atoms with Gasteiger partial charge in [-0.15, -0.1) is 24.0 Å². The van der Waals surface area contributed by atoms with Crippen molar-refractivity contribution in [2.75, 3.05) is 26.2 Å². The molecule has 0 aliphatic rings. The topological polar surface area (TPSA) is 68.8 Å². The van der Waals surface area contributed by atoms with Crippen LogP contribution in [0.25, 0.3) is 0 Å². The average Bonchev–Trinajstić information content (AvgIpc) is 2.66. The Morgan fingerprint density at radius 2 is 1.69 bits per heavy atom. The summed E-state index contributed by atoms with van der Waals surface area (Å²) < 4.78 is 0. The number of nitrogens with zero attached hydrogens (tertiary/aromatic N) is 2. The maximum atomic E-state index is 12.0. The molecule has 0 aliphatic carbocycles. The summed E-state index contributed by atoms with van der Waals surface area (Å²) in [5.74, 6) is 0.815. The second-order valence-electron chi connectivity index (χ2n) is 7.48. The highest BCUT2D eigenvalue weighted by atomic mass is 127. The van der Waals surface area contributed by atoms with Gasteiger partial charge in [0.2, 0.25) is 5.91 Å². The third kappa shape index (κ3) is 12.7. The molecule has 0 fully saturated rings. The van der Waals surface area contributed by atoms with Crippen LogP contribution in [0.15, 0.2) is 35.3 Å². The lowest BCUT2D eigenvalue weighted by atomic mass is 10.2. The first-order chi connectivity index (χ1) is 13.4. The van der Waals surface area contributed by atoms with E-state index in [4.69, 9.17) is 0 Å². The van der Waals surface area contributed by atoms with E-state index in [-0.39, 0.29) is 29.9 Å². The zero-order chi connectivity index (χ0) is 20.8. The minimum absolute atomic E-state index is 0. The van der Waals surface area contributed by atoms with E-state index >= 15 is 0 Å². The van der Waals surface area contributed by atoms with E-state index < -0.39 is 0 Å². The van der Waals surface area contributed by atoms with Crippen LogP contribution in [0.1, 0.15) is 53.0 Å². The summed E-state index contributed by atoms with van der Waals surface area (Å²) in [6, 6.07) is 11.0. The summed E-state index contributed by atoms with van der Waals surface area (Å²) in [6.07, 6.45) is 1.44. The molecule has 0 radical (unpaired) electrons. The van der Waals surface area contributed by atoms with Gasteiger partial charge in [0.1, 0.15) is 0 Å². The van der Waals surface area contributed by atoms with Crippen molar-refractivity contribution in [2.45, 2.75) is 66.1 Å². The van der Waals surface area contributed by atoms with Crippen molar-refractivity contribution in [3.05, 3.63) is 35.9 Å². The summed E-state index contributed by atoms with van der Waals surface area (Å²) in [4.78, 5) is 19.1. The molecule has 1 rings (SSSR count). The number of hydrogen-bond acceptors (Lipinski definition) is 3. The van der Waals surface area contributed by atoms with Gasteiger partial charge in [-0.3, -0.25) is 14.7 Å². The minimum Gasteiger partial charge on any atom is -0.357 e. The van der Waals surface area contributed by atoms with Gasteiger partial charge in [0.05, 0.1) is 0 Å². The van der Waals surface area contributed by atoms with Crippen LogP contribution in [0.3, 0.4) is 0 Å². The molecule has 0 saturated heterocycles. The van der Waals surface area contributed by atoms with Crippen LogP contribution in [-0.2, 0) is 11.3 Å². The lowest BCUT2D eigenvalue weighted by Crippen LogP contribution is -2.40. The Kier molecular flexibility index (Phi) is 15.7. The summed E-state index contributed by atoms with van der Waals surface area (Å²) in [6.45, 7) is 14.7. The molecule has 29 heavy (non-hydrogen) atoms. The molecule has 3 N–H and O–H groups in total. The van der Waals surface area contributed by atoms with E-state index in [1.165, 1.54) is 0 Å². The molecule has 1 aromatic rings. The smallest absolute Gasteiger partial charge is 0.222 e. The Labute approximate surface area is 194 Å². The predicted octanol–water partition coefficient (Wildman–Crippen LogP) is 3.37. The minimum atomic E-state index is 0. The Balaban J connectivity index is 0.00000784. The van der Waals surface area contributed by atoms with Crippen LogP contribution in [0.5, 0.6) is 0 Å². The van der Waals surface area contributed by atoms with Crippen LogP contribution in [0, 0.1) is 0 Å². The van der Waals surface area contributed by atoms with E-state index in [2.05, 4.69) is 53.5 Å². The second-order valence-corrected chi connectivity index (χ2v) is 7.48. The summed E-state index contributed by atoms with van der Waals surface area (Å²) >= 11 is 0. The second kappa shape index (κ2) is 16.4. The van der Waals surface area contributed by atoms with Crippen LogP contribution in [0.4, 0.5) is 0 Å². The van der Waals surface area contributed by atoms with E-state index in [1.807, 2.05) is 37.3 Å². The lowest BCUT2D eigenvalue weighted by Gasteiger charge is -2.30. The number of amides is 1. The molecule has 0 aliphatic heterocycles. The third-order valence-electron chi connectivity index (χ3n) is 4.49. The largest absolute Gasteiger partial charge is 0.357 e. The molecule has 0 atom stereocenters. The van der Waals surface area contributed by atoms with Gasteiger partial charge in [0, 0.05) is 51.2 Å². The zero-order valence-corrected chi connectivity index (χ0v) is 21.0. The van der Waals surface area contributed by atoms with Gasteiger partial charge < -0.3 is 16.0 Å². The van der Waals surface area contributed by atoms with Crippen molar-refractivity contribution >= 4 is 35.8 Å². The fraction of sp³-hybridized carbons (Fsp3) is 0.636. The first-order valence-corrected chi connectivity index (χ1v) is 10.5. The van der Waals surface area contributed by atoms with Gasteiger partial charge >= 0.3 is 0 Å². The molecule has 0 saturated carbocycles. The number of rotatable bonds is 12. The Bertz CT molecular complexity index is 570. The molecule has 0 spiro atoms. The molecule has 1 aromatic carbocycles. The van der Waals surface area contributed by atoms with Crippen LogP contribution < -0.4 is 16.0 Å². The Morgan fingerprint density at radius 1 is 1.03 bits per heavy atom. The normalized spacial score (nSPS) is 11.5. The molecular formula is C22H40IN5O. The van der Waals surface area contributed by atoms with Crippen molar-refractivity contribution in [1.29, 1.82) is 0 Å². The summed E-state index contributed by atoms with van der Waals surface area (Å²) in [7, 11) is 0. The number of carbonyl (C=O) groups is 1. The first-order valence-electron chi connectivity index (χ1n) is 10.5. The Morgan fingerprint density at radius 3 is 2.28 bits per heavy atom. The number of carbonyl (C=O) groups excluding carboxylic acids is 1. The highest BCUT2D eigenvalue weighted by Crippen LogP contribution is 2.05. The van der Waals surface area contributed by atoms with Crippen molar-refractivity contribution in [3.8, 4) is 0 Å². The van der Waals surface area contributed by atoms with Crippen molar-refractivity contribution in [3.63, 3.8) is 0 Å². The fourth-order valence-electron chi connectivity index (χ4n) is 3.08. The number of benzene rings is 1. The van der Waals surface area contributed by atoms with Gasteiger partial charge in [-0.25, -0.2) is 0 Å². The van der Waals surface area contributed by atoms with E-state index in [1.54, 1.807) is 0 Å². The standard InChI is InChI=1S/C22H39N5O.HI/c1-6-23-22(24-14-10-16-27(18(2)3)19(4)5)25-15-13-21(28)26-17-20-11-8-7-9-12-20;/h7-9,11-12,18-19H,6,10,13-17H2,1-5H3,(H,26,28)(H2,23,24,25);1H. The van der Waals surface area contributed by atoms with Crippen molar-refractivity contribution < 1.29 is 4.79 Å². The van der Waals surface area contributed by atoms with E-state index in [0.29, 0.717) is 31.6 Å². The van der Waals surface area contributed by atoms with Crippen molar-refractivity contribution in [2.24, 2.45) is 4.99 Å². The SMILES string of the molecule is CCNC(=NCCCN(C(C)C)C(C)C)NCCC(=O)NCc1ccccc1.I. The fourth-order valence-corrected chi connectivity index (χ4v) is 3.08. The average molecular weight is 518 g/mol. The number of nitrogens with one attached hydrogen (secondary N) is 3. The Hall–Kier alpha value is -1.35. The van der Waals surface area contributed by atoms with Gasteiger partial charge in [-0.05, 0) is 46.6 Å². The molecule has 0 heterocycles. The number of hydrogen-bond donors (Lipinski definition) is 3. The van der Waals surface area contributed by atoms with E-state index in [0.717, 1.165) is 37.6 Å². The molecule has 0 aromatic heterocycles. The maximum Gasteiger partial charge on any atom is 0.222 e. The molecular weight excluding hydrogens is 477 g/mol. The van der Waals surface area contributed by atoms with Gasteiger partial charge in [-0.2, -0.15) is 0 Å². The van der Waals surface area contributed by atoms with Crippen molar-refractivity contribution in [1.82, 2.24) is 20.9 Å². The van der Waals surface area contributed by atoms with Crippen LogP contribution >= 0.6 is 24.0 Å². The molecule has 1 amide bonds. The molecule has 7 heteroatoms. The number of guanidine groups is 1. The maximum absolute atomic E-state index is 12.0. The van der Waals surface area contributed by atoms with Gasteiger partial charge in [-0.1, -0.05) is 30.3 Å². The van der Waals surface area contributed by atoms with Crippen LogP contribution in [0.2, 0.25) is 0 Å². The quantitative estimate of drug-likeness (QED) is 0.172. The lowest BCUT2D eigenvalue weighted by molar-refractivity contribution is -0.121. The van der Waals surface area contributed by atoms with Gasteiger partial charge in [0.15, 0.2) is 5.96 Å². The zero-order valence-electron chi connectivity index (χ0n) is 18.7. The van der Waals surface area contributed by atoms with E-state index in [9.17, 15) is 4.79 Å². The van der Waals surface area contributed by atoms with Crippen LogP contribution in [-0.4, -0.2) is 55.0 Å². The molecule has 0 unspecified atom stereocenters. The summed E-state index contributed by atoms with van der Waals surface area (Å²) in [5.41, 5.74) is 1.11. The highest BCUT2D eigenvalue weighted by molar-refractivity contribution is 14.0. The number of aliphatic imine (C=N–C) groups is 1. The first kappa shape index (κ1) is 27.6. The number of halogens is 1. The third-order valence-corrected chi connectivity index (χ3v) is 4.49. The highest BCUT2D eigenvalue weighted by Gasteiger charge is 2.12. The predicted molar refractivity (Wildman–Crippen MR) is 134 cm³/mol. The molecule has 6 nitrogen and oxygen atoms in total. The molecule has 166 valence electrons. The van der Waals surface area contributed by atoms with Gasteiger partial charge in [0.25, 0.3) is 0 Å².